The van der Waals surface area contributed by atoms with Crippen LogP contribution in [0.1, 0.15) is 48.9 Å². The Kier molecular flexibility index (Phi) is 9.31. The second-order valence-electron chi connectivity index (χ2n) is 8.83. The number of hydrogen-bond acceptors (Lipinski definition) is 5. The van der Waals surface area contributed by atoms with Crippen LogP contribution >= 0.6 is 15.9 Å². The van der Waals surface area contributed by atoms with E-state index >= 15 is 0 Å². The molecule has 0 bridgehead atoms. The number of halogens is 1. The third-order valence-corrected chi connectivity index (χ3v) is 6.84. The normalized spacial score (nSPS) is 11.9. The number of benzene rings is 3. The molecule has 1 aromatic heterocycles. The minimum atomic E-state index is -0.456. The topological polar surface area (TPSA) is 73.7 Å². The van der Waals surface area contributed by atoms with E-state index < -0.39 is 6.04 Å². The molecule has 198 valence electrons. The highest BCUT2D eigenvalue weighted by molar-refractivity contribution is 9.10. The van der Waals surface area contributed by atoms with Gasteiger partial charge in [-0.25, -0.2) is 4.98 Å². The Labute approximate surface area is 231 Å². The van der Waals surface area contributed by atoms with E-state index in [2.05, 4.69) is 15.9 Å². The van der Waals surface area contributed by atoms with E-state index in [1.165, 1.54) is 0 Å². The lowest BCUT2D eigenvalue weighted by Crippen LogP contribution is -2.39. The first-order valence-corrected chi connectivity index (χ1v) is 13.6. The number of carbonyl (C=O) groups is 1. The number of methoxy groups -OCH3 is 1. The van der Waals surface area contributed by atoms with Gasteiger partial charge >= 0.3 is 0 Å². The Hall–Kier alpha value is -3.49. The Balaban J connectivity index is 1.90. The largest absolute Gasteiger partial charge is 0.494 e. The van der Waals surface area contributed by atoms with Crippen LogP contribution in [0.3, 0.4) is 0 Å². The Morgan fingerprint density at radius 1 is 1.05 bits per heavy atom. The van der Waals surface area contributed by atoms with Crippen LogP contribution in [-0.2, 0) is 4.74 Å². The van der Waals surface area contributed by atoms with Crippen molar-refractivity contribution in [2.75, 3.05) is 26.9 Å². The number of nitrogens with zero attached hydrogens (tertiary/aromatic N) is 3. The van der Waals surface area contributed by atoms with Gasteiger partial charge in [0.05, 0.1) is 29.2 Å². The Morgan fingerprint density at radius 2 is 1.82 bits per heavy atom. The van der Waals surface area contributed by atoms with Crippen LogP contribution < -0.4 is 10.3 Å². The van der Waals surface area contributed by atoms with Gasteiger partial charge in [-0.2, -0.15) is 0 Å². The van der Waals surface area contributed by atoms with Crippen LogP contribution in [0.4, 0.5) is 0 Å². The molecule has 0 saturated heterocycles. The minimum Gasteiger partial charge on any atom is -0.494 e. The zero-order valence-electron chi connectivity index (χ0n) is 21.9. The van der Waals surface area contributed by atoms with Gasteiger partial charge in [0.2, 0.25) is 0 Å². The lowest BCUT2D eigenvalue weighted by atomic mass is 10.1. The molecule has 1 amide bonds. The van der Waals surface area contributed by atoms with Gasteiger partial charge in [-0.1, -0.05) is 41.1 Å². The molecular formula is C30H32BrN3O4. The highest BCUT2D eigenvalue weighted by atomic mass is 79.9. The fourth-order valence-electron chi connectivity index (χ4n) is 4.59. The summed E-state index contributed by atoms with van der Waals surface area (Å²) in [4.78, 5) is 34.6. The van der Waals surface area contributed by atoms with Crippen molar-refractivity contribution >= 4 is 32.7 Å². The van der Waals surface area contributed by atoms with E-state index in [-0.39, 0.29) is 11.5 Å². The number of ether oxygens (including phenoxy) is 2. The third kappa shape index (κ3) is 5.97. The highest BCUT2D eigenvalue weighted by Crippen LogP contribution is 2.29. The van der Waals surface area contributed by atoms with Gasteiger partial charge in [0.1, 0.15) is 11.6 Å². The van der Waals surface area contributed by atoms with E-state index in [1.807, 2.05) is 79.4 Å². The van der Waals surface area contributed by atoms with Crippen molar-refractivity contribution in [2.45, 2.75) is 32.7 Å². The molecule has 0 spiro atoms. The van der Waals surface area contributed by atoms with Crippen LogP contribution in [0.15, 0.2) is 82.1 Å². The van der Waals surface area contributed by atoms with Crippen molar-refractivity contribution in [3.05, 3.63) is 99.0 Å². The number of hydrogen-bond donors (Lipinski definition) is 0. The first kappa shape index (κ1) is 27.5. The fourth-order valence-corrected chi connectivity index (χ4v) is 4.99. The van der Waals surface area contributed by atoms with Crippen molar-refractivity contribution in [3.8, 4) is 11.4 Å². The molecule has 0 radical (unpaired) electrons. The Bertz CT molecular complexity index is 1450. The summed E-state index contributed by atoms with van der Waals surface area (Å²) in [5.74, 6) is 1.11. The van der Waals surface area contributed by atoms with Crippen molar-refractivity contribution in [1.29, 1.82) is 0 Å². The van der Waals surface area contributed by atoms with E-state index in [0.717, 1.165) is 10.2 Å². The number of aromatic nitrogens is 2. The van der Waals surface area contributed by atoms with Gasteiger partial charge < -0.3 is 14.4 Å². The first-order chi connectivity index (χ1) is 18.5. The summed E-state index contributed by atoms with van der Waals surface area (Å²) in [6.45, 7) is 5.44. The van der Waals surface area contributed by atoms with Crippen LogP contribution in [0, 0.1) is 0 Å². The zero-order chi connectivity index (χ0) is 27.1. The maximum atomic E-state index is 13.9. The molecule has 3 aromatic carbocycles. The molecule has 0 fully saturated rings. The smallest absolute Gasteiger partial charge is 0.266 e. The van der Waals surface area contributed by atoms with Crippen molar-refractivity contribution in [3.63, 3.8) is 0 Å². The summed E-state index contributed by atoms with van der Waals surface area (Å²) in [6, 6.07) is 21.6. The predicted octanol–water partition coefficient (Wildman–Crippen LogP) is 6.18. The summed E-state index contributed by atoms with van der Waals surface area (Å²) in [7, 11) is 1.65. The third-order valence-electron chi connectivity index (χ3n) is 6.35. The molecule has 1 atom stereocenters. The maximum absolute atomic E-state index is 13.9. The van der Waals surface area contributed by atoms with Gasteiger partial charge in [-0.3, -0.25) is 14.2 Å². The van der Waals surface area contributed by atoms with Crippen LogP contribution in [0.2, 0.25) is 0 Å². The lowest BCUT2D eigenvalue weighted by Gasteiger charge is -2.32. The van der Waals surface area contributed by atoms with Crippen molar-refractivity contribution < 1.29 is 14.3 Å². The van der Waals surface area contributed by atoms with Crippen molar-refractivity contribution in [1.82, 2.24) is 14.5 Å². The highest BCUT2D eigenvalue weighted by Gasteiger charge is 2.29. The molecule has 0 aliphatic heterocycles. The second kappa shape index (κ2) is 12.8. The number of amides is 1. The predicted molar refractivity (Wildman–Crippen MR) is 153 cm³/mol. The molecule has 0 saturated carbocycles. The second-order valence-corrected chi connectivity index (χ2v) is 9.75. The van der Waals surface area contributed by atoms with Gasteiger partial charge in [0.25, 0.3) is 11.5 Å². The van der Waals surface area contributed by atoms with Gasteiger partial charge in [-0.15, -0.1) is 0 Å². The molecule has 7 nitrogen and oxygen atoms in total. The molecule has 0 aliphatic carbocycles. The summed E-state index contributed by atoms with van der Waals surface area (Å²) < 4.78 is 13.3. The molecule has 8 heteroatoms. The number of rotatable bonds is 11. The van der Waals surface area contributed by atoms with Gasteiger partial charge in [0, 0.05) is 30.3 Å². The van der Waals surface area contributed by atoms with Gasteiger partial charge in [-0.05, 0) is 74.4 Å². The Morgan fingerprint density at radius 3 is 2.50 bits per heavy atom. The first-order valence-electron chi connectivity index (χ1n) is 12.8. The molecule has 4 rings (SSSR count). The average Bonchev–Trinajstić information content (AvgIpc) is 2.93. The van der Waals surface area contributed by atoms with E-state index in [1.54, 1.807) is 23.8 Å². The summed E-state index contributed by atoms with van der Waals surface area (Å²) in [5.41, 5.74) is 1.64. The molecule has 0 aliphatic rings. The van der Waals surface area contributed by atoms with E-state index in [9.17, 15) is 9.59 Å². The fraction of sp³-hybridized carbons (Fsp3) is 0.300. The number of para-hydroxylation sites is 1. The summed E-state index contributed by atoms with van der Waals surface area (Å²) >= 11 is 3.48. The number of fused-ring (bicyclic) bond motifs is 1. The van der Waals surface area contributed by atoms with E-state index in [4.69, 9.17) is 14.5 Å². The van der Waals surface area contributed by atoms with Crippen LogP contribution in [0.5, 0.6) is 5.75 Å². The maximum Gasteiger partial charge on any atom is 0.266 e. The SMILES string of the molecule is CCOc1ccc(-n2c(C(CC)N(CCCOC)C(=O)c3cccc(Br)c3)nc3ccccc3c2=O)cc1. The van der Waals surface area contributed by atoms with Crippen molar-refractivity contribution in [2.24, 2.45) is 0 Å². The van der Waals surface area contributed by atoms with Gasteiger partial charge in [0.15, 0.2) is 0 Å². The zero-order valence-corrected chi connectivity index (χ0v) is 23.5. The summed E-state index contributed by atoms with van der Waals surface area (Å²) in [6.07, 6.45) is 1.21. The van der Waals surface area contributed by atoms with Crippen LogP contribution in [0.25, 0.3) is 16.6 Å². The molecular weight excluding hydrogens is 546 g/mol. The molecule has 1 unspecified atom stereocenters. The lowest BCUT2D eigenvalue weighted by molar-refractivity contribution is 0.0634. The van der Waals surface area contributed by atoms with Crippen LogP contribution in [-0.4, -0.2) is 47.2 Å². The quantitative estimate of drug-likeness (QED) is 0.199. The number of carbonyl (C=O) groups excluding carboxylic acids is 1. The molecule has 0 N–H and O–H groups in total. The molecule has 1 heterocycles. The average molecular weight is 579 g/mol. The molecule has 38 heavy (non-hydrogen) atoms. The molecule has 4 aromatic rings. The van der Waals surface area contributed by atoms with E-state index in [0.29, 0.717) is 60.6 Å². The summed E-state index contributed by atoms with van der Waals surface area (Å²) in [5, 5.41) is 0.518. The standard InChI is InChI=1S/C30H32BrN3O4/c1-4-27(33(18-9-19-37-3)29(35)21-10-8-11-22(31)20-21)28-32-26-13-7-6-12-25(26)30(36)34(28)23-14-16-24(17-15-23)38-5-2/h6-8,10-17,20,27H,4-5,9,18-19H2,1-3H3. The minimum absolute atomic E-state index is 0.130. The monoisotopic (exact) mass is 577 g/mol.